The molecule has 7 aliphatic rings. The van der Waals surface area contributed by atoms with Gasteiger partial charge in [-0.05, 0) is 93.2 Å². The number of nitrogens with one attached hydrogen (secondary N) is 1. The number of halogens is 2. The van der Waals surface area contributed by atoms with Crippen molar-refractivity contribution in [1.29, 1.82) is 0 Å². The van der Waals surface area contributed by atoms with Crippen LogP contribution in [0, 0.1) is 34.8 Å². The van der Waals surface area contributed by atoms with Gasteiger partial charge in [0.15, 0.2) is 24.3 Å². The van der Waals surface area contributed by atoms with Crippen molar-refractivity contribution in [3.8, 4) is 11.5 Å². The van der Waals surface area contributed by atoms with E-state index in [1.165, 1.54) is 23.1 Å². The molecule has 1 unspecified atom stereocenters. The number of hydrogen-bond acceptors (Lipinski definition) is 10. The van der Waals surface area contributed by atoms with E-state index in [0.29, 0.717) is 60.2 Å². The minimum absolute atomic E-state index is 0.0952. The van der Waals surface area contributed by atoms with Crippen LogP contribution in [0.5, 0.6) is 11.5 Å². The first-order valence-corrected chi connectivity index (χ1v) is 23.8. The average Bonchev–Trinajstić information content (AvgIpc) is 3.95. The third-order valence-corrected chi connectivity index (χ3v) is 15.7. The van der Waals surface area contributed by atoms with E-state index in [0.717, 1.165) is 121 Å². The molecule has 0 aromatic heterocycles. The Labute approximate surface area is 379 Å². The van der Waals surface area contributed by atoms with Crippen molar-refractivity contribution >= 4 is 46.9 Å². The number of ether oxygens (including phenoxy) is 1. The van der Waals surface area contributed by atoms with Crippen molar-refractivity contribution in [2.75, 3.05) is 87.3 Å². The number of anilines is 3. The number of benzene rings is 3. The highest BCUT2D eigenvalue weighted by Gasteiger charge is 2.63. The van der Waals surface area contributed by atoms with Crippen LogP contribution in [0.4, 0.5) is 25.8 Å². The number of carbonyl (C=O) groups excluding carboxylic acids is 4. The van der Waals surface area contributed by atoms with Gasteiger partial charge in [-0.25, -0.2) is 13.6 Å². The molecule has 0 radical (unpaired) electrons. The fourth-order valence-electron chi connectivity index (χ4n) is 12.1. The SMILES string of the molecule is COc1cc(N2CCC(CN3CCN(CC4CCN(c5ccc6c(c5)C[N+](=CC5CCC(=O)NC5=O)C6=O)CC4)CC3)CC2)c(F)cc1[C@@H]1N(c2cccc(F)c2O)C(=O)C12CCCC2. The van der Waals surface area contributed by atoms with Gasteiger partial charge in [0, 0.05) is 94.7 Å². The number of piperidine rings is 3. The zero-order valence-electron chi connectivity index (χ0n) is 37.3. The van der Waals surface area contributed by atoms with Crippen LogP contribution in [-0.4, -0.2) is 122 Å². The van der Waals surface area contributed by atoms with Crippen LogP contribution < -0.4 is 24.8 Å². The molecule has 6 heterocycles. The Morgan fingerprint density at radius 2 is 1.46 bits per heavy atom. The van der Waals surface area contributed by atoms with E-state index in [2.05, 4.69) is 31.0 Å². The van der Waals surface area contributed by atoms with E-state index in [1.807, 2.05) is 12.1 Å². The number of carbonyl (C=O) groups is 4. The fraction of sp³-hybridized carbons (Fsp3) is 0.540. The minimum Gasteiger partial charge on any atom is -0.503 e. The number of para-hydroxylation sites is 1. The van der Waals surface area contributed by atoms with E-state index in [9.17, 15) is 28.7 Å². The van der Waals surface area contributed by atoms with Crippen LogP contribution >= 0.6 is 0 Å². The normalized spacial score (nSPS) is 25.2. The van der Waals surface area contributed by atoms with Crippen LogP contribution in [0.2, 0.25) is 0 Å². The summed E-state index contributed by atoms with van der Waals surface area (Å²) < 4.78 is 38.3. The molecule has 2 atom stereocenters. The quantitative estimate of drug-likeness (QED) is 0.145. The van der Waals surface area contributed by atoms with Crippen LogP contribution in [0.25, 0.3) is 0 Å². The Balaban J connectivity index is 0.687. The van der Waals surface area contributed by atoms with Gasteiger partial charge in [0.25, 0.3) is 0 Å². The monoisotopic (exact) mass is 892 g/mol. The first-order chi connectivity index (χ1) is 31.5. The summed E-state index contributed by atoms with van der Waals surface area (Å²) in [6.45, 7) is 10.3. The number of methoxy groups -OCH3 is 1. The molecule has 0 bridgehead atoms. The molecule has 344 valence electrons. The van der Waals surface area contributed by atoms with E-state index >= 15 is 4.39 Å². The minimum atomic E-state index is -0.806. The molecule has 65 heavy (non-hydrogen) atoms. The number of imide groups is 1. The molecule has 3 aromatic carbocycles. The molecular formula is C50H60F2N7O6+. The van der Waals surface area contributed by atoms with Crippen molar-refractivity contribution in [2.45, 2.75) is 76.8 Å². The lowest BCUT2D eigenvalue weighted by atomic mass is 9.66. The summed E-state index contributed by atoms with van der Waals surface area (Å²) in [6.07, 6.45) is 9.63. The number of β-lactam (4-membered cyclic amide) rings is 1. The number of fused-ring (bicyclic) bond motifs is 1. The van der Waals surface area contributed by atoms with Crippen LogP contribution in [0.1, 0.15) is 91.7 Å². The van der Waals surface area contributed by atoms with Gasteiger partial charge in [0.05, 0.1) is 29.9 Å². The number of hydrogen-bond donors (Lipinski definition) is 2. The molecule has 2 N–H and O–H groups in total. The van der Waals surface area contributed by atoms with Gasteiger partial charge in [-0.3, -0.25) is 24.6 Å². The average molecular weight is 893 g/mol. The zero-order chi connectivity index (χ0) is 45.0. The van der Waals surface area contributed by atoms with Crippen LogP contribution in [0.3, 0.4) is 0 Å². The third-order valence-electron chi connectivity index (χ3n) is 15.7. The summed E-state index contributed by atoms with van der Waals surface area (Å²) in [6, 6.07) is 13.0. The molecule has 10 rings (SSSR count). The summed E-state index contributed by atoms with van der Waals surface area (Å²) in [5.74, 6) is -1.42. The standard InChI is InChI=1S/C50H59F2N7O6/c1-65-43-27-42(40(52)26-38(43)46-50(15-2-3-16-50)49(64)59(46)41-6-4-5-39(51)45(41)61)57-19-13-33(14-20-57)29-55-23-21-54(22-24-55)28-32-11-17-56(18-12-32)36-8-9-37-35(25-36)31-58(48(37)63)30-34-7-10-44(60)53-47(34)62/h4-6,8-9,25-27,30,32-34,46H,2-3,7,10-24,28-29,31H2,1H3,(H-,53,60,61,62)/p+1/t34?,46-/m0/s1. The molecule has 6 fully saturated rings. The number of nitrogens with zero attached hydrogens (tertiary/aromatic N) is 6. The zero-order valence-corrected chi connectivity index (χ0v) is 37.3. The van der Waals surface area contributed by atoms with Crippen LogP contribution in [0.15, 0.2) is 48.5 Å². The van der Waals surface area contributed by atoms with Gasteiger partial charge < -0.3 is 29.4 Å². The first-order valence-electron chi connectivity index (χ1n) is 23.8. The highest BCUT2D eigenvalue weighted by molar-refractivity contribution is 6.08. The lowest BCUT2D eigenvalue weighted by Crippen LogP contribution is -2.62. The molecule has 13 nitrogen and oxygen atoms in total. The topological polar surface area (TPSA) is 129 Å². The molecule has 4 amide bonds. The maximum absolute atomic E-state index is 16.3. The second-order valence-corrected chi connectivity index (χ2v) is 19.5. The molecule has 5 saturated heterocycles. The van der Waals surface area contributed by atoms with Crippen molar-refractivity contribution in [3.63, 3.8) is 0 Å². The Hall–Kier alpha value is -5.41. The number of aromatic hydroxyl groups is 1. The predicted molar refractivity (Wildman–Crippen MR) is 242 cm³/mol. The Kier molecular flexibility index (Phi) is 11.9. The second kappa shape index (κ2) is 17.8. The lowest BCUT2D eigenvalue weighted by Gasteiger charge is -2.55. The van der Waals surface area contributed by atoms with Crippen molar-refractivity contribution < 1.29 is 42.4 Å². The summed E-state index contributed by atoms with van der Waals surface area (Å²) in [5.41, 5.74) is 3.20. The smallest absolute Gasteiger partial charge is 0.419 e. The van der Waals surface area contributed by atoms with E-state index in [1.54, 1.807) is 24.0 Å². The van der Waals surface area contributed by atoms with Gasteiger partial charge in [-0.15, -0.1) is 0 Å². The number of phenolic OH excluding ortho intramolecular Hbond substituents is 1. The molecule has 1 aliphatic carbocycles. The summed E-state index contributed by atoms with van der Waals surface area (Å²) in [7, 11) is 1.56. The van der Waals surface area contributed by atoms with Gasteiger partial charge in [-0.1, -0.05) is 18.9 Å². The lowest BCUT2D eigenvalue weighted by molar-refractivity contribution is -0.434. The number of amides is 4. The predicted octanol–water partition coefficient (Wildman–Crippen LogP) is 5.87. The summed E-state index contributed by atoms with van der Waals surface area (Å²) in [5, 5.41) is 13.0. The van der Waals surface area contributed by atoms with Gasteiger partial charge in [0.1, 0.15) is 23.0 Å². The Bertz CT molecular complexity index is 2400. The van der Waals surface area contributed by atoms with E-state index < -0.39 is 28.9 Å². The number of rotatable bonds is 10. The molecule has 1 spiro atoms. The highest BCUT2D eigenvalue weighted by atomic mass is 19.1. The summed E-state index contributed by atoms with van der Waals surface area (Å²) in [4.78, 5) is 61.9. The Morgan fingerprint density at radius 1 is 0.800 bits per heavy atom. The second-order valence-electron chi connectivity index (χ2n) is 19.5. The maximum atomic E-state index is 16.3. The number of piperazine rings is 1. The highest BCUT2D eigenvalue weighted by Crippen LogP contribution is 2.62. The van der Waals surface area contributed by atoms with Crippen molar-refractivity contribution in [3.05, 3.63) is 76.9 Å². The molecule has 6 aliphatic heterocycles. The summed E-state index contributed by atoms with van der Waals surface area (Å²) >= 11 is 0. The first kappa shape index (κ1) is 43.5. The van der Waals surface area contributed by atoms with Crippen molar-refractivity contribution in [1.82, 2.24) is 15.1 Å². The van der Waals surface area contributed by atoms with Crippen LogP contribution in [-0.2, 0) is 20.9 Å². The van der Waals surface area contributed by atoms with E-state index in [-0.39, 0.29) is 41.6 Å². The van der Waals surface area contributed by atoms with Crippen molar-refractivity contribution in [2.24, 2.45) is 23.2 Å². The van der Waals surface area contributed by atoms with Gasteiger partial charge >= 0.3 is 5.91 Å². The molecule has 1 saturated carbocycles. The Morgan fingerprint density at radius 3 is 2.11 bits per heavy atom. The fourth-order valence-corrected chi connectivity index (χ4v) is 12.1. The van der Waals surface area contributed by atoms with Gasteiger partial charge in [0.2, 0.25) is 17.7 Å². The van der Waals surface area contributed by atoms with Gasteiger partial charge in [-0.2, -0.15) is 4.58 Å². The maximum Gasteiger partial charge on any atom is 0.419 e. The van der Waals surface area contributed by atoms with E-state index in [4.69, 9.17) is 4.74 Å². The molecule has 3 aromatic rings. The third kappa shape index (κ3) is 8.17. The largest absolute Gasteiger partial charge is 0.503 e. The number of phenols is 1. The molecular weight excluding hydrogens is 833 g/mol. The molecule has 15 heteroatoms.